The molecule has 0 spiro atoms. The van der Waals surface area contributed by atoms with Crippen molar-refractivity contribution in [1.29, 1.82) is 0 Å². The van der Waals surface area contributed by atoms with Gasteiger partial charge in [0.1, 0.15) is 10.4 Å². The molecule has 3 nitrogen and oxygen atoms in total. The zero-order valence-electron chi connectivity index (χ0n) is 7.47. The van der Waals surface area contributed by atoms with E-state index in [1.54, 1.807) is 0 Å². The highest BCUT2D eigenvalue weighted by molar-refractivity contribution is 9.10. The topological polar surface area (TPSA) is 43.8 Å². The smallest absolute Gasteiger partial charge is 0.128 e. The third-order valence-electron chi connectivity index (χ3n) is 1.92. The number of hydrogen-bond donors (Lipinski definition) is 1. The highest BCUT2D eigenvalue weighted by Crippen LogP contribution is 2.16. The third kappa shape index (κ3) is 1.69. The van der Waals surface area contributed by atoms with E-state index in [1.165, 1.54) is 0 Å². The fraction of sp³-hybridized carbons (Fsp3) is 0.625. The molecule has 0 unspecified atom stereocenters. The molecule has 0 amide bonds. The van der Waals surface area contributed by atoms with Gasteiger partial charge in [0.15, 0.2) is 0 Å². The van der Waals surface area contributed by atoms with E-state index in [0.29, 0.717) is 6.54 Å². The van der Waals surface area contributed by atoms with E-state index in [0.717, 1.165) is 29.0 Å². The minimum absolute atomic E-state index is 0.536. The molecule has 0 aromatic carbocycles. The molecule has 0 fully saturated rings. The van der Waals surface area contributed by atoms with Gasteiger partial charge in [0.25, 0.3) is 0 Å². The number of aryl methyl sites for hydroxylation is 1. The lowest BCUT2D eigenvalue weighted by Gasteiger charge is -2.01. The highest BCUT2D eigenvalue weighted by atomic mass is 79.9. The molecule has 1 aromatic heterocycles. The van der Waals surface area contributed by atoms with Gasteiger partial charge in [-0.05, 0) is 22.4 Å². The number of hydrogen-bond acceptors (Lipinski definition) is 2. The summed E-state index contributed by atoms with van der Waals surface area (Å²) >= 11 is 3.39. The zero-order chi connectivity index (χ0) is 9.14. The average Bonchev–Trinajstić information content (AvgIpc) is 2.29. The summed E-state index contributed by atoms with van der Waals surface area (Å²) in [5.74, 6) is 1.10. The second-order valence-corrected chi connectivity index (χ2v) is 3.53. The molecule has 1 rings (SSSR count). The molecule has 12 heavy (non-hydrogen) atoms. The Labute approximate surface area is 81.1 Å². The number of aromatic nitrogens is 2. The average molecular weight is 232 g/mol. The second-order valence-electron chi connectivity index (χ2n) is 2.78. The van der Waals surface area contributed by atoms with E-state index >= 15 is 0 Å². The lowest BCUT2D eigenvalue weighted by atomic mass is 10.3. The fourth-order valence-corrected chi connectivity index (χ4v) is 1.85. The predicted octanol–water partition coefficient (Wildman–Crippen LogP) is 1.59. The predicted molar refractivity (Wildman–Crippen MR) is 52.8 cm³/mol. The highest BCUT2D eigenvalue weighted by Gasteiger charge is 2.09. The van der Waals surface area contributed by atoms with E-state index in [-0.39, 0.29) is 0 Å². The Morgan fingerprint density at radius 3 is 2.67 bits per heavy atom. The number of nitrogens with two attached hydrogens (primary N) is 1. The Bertz CT molecular complexity index is 268. The van der Waals surface area contributed by atoms with E-state index in [4.69, 9.17) is 5.73 Å². The molecule has 1 aromatic rings. The minimum Gasteiger partial charge on any atom is -0.333 e. The summed E-state index contributed by atoms with van der Waals surface area (Å²) in [6, 6.07) is 0. The molecule has 0 aliphatic rings. The first-order valence-corrected chi connectivity index (χ1v) is 4.90. The summed E-state index contributed by atoms with van der Waals surface area (Å²) in [4.78, 5) is 4.37. The van der Waals surface area contributed by atoms with Gasteiger partial charge in [-0.15, -0.1) is 0 Å². The molecule has 0 atom stereocenters. The van der Waals surface area contributed by atoms with Crippen molar-refractivity contribution in [2.75, 3.05) is 0 Å². The van der Waals surface area contributed by atoms with Crippen molar-refractivity contribution in [2.45, 2.75) is 26.3 Å². The van der Waals surface area contributed by atoms with Crippen LogP contribution in [0.1, 0.15) is 24.9 Å². The largest absolute Gasteiger partial charge is 0.333 e. The maximum atomic E-state index is 5.57. The molecule has 0 bridgehead atoms. The van der Waals surface area contributed by atoms with Gasteiger partial charge in [-0.2, -0.15) is 0 Å². The van der Waals surface area contributed by atoms with Crippen LogP contribution in [0.15, 0.2) is 4.60 Å². The zero-order valence-corrected chi connectivity index (χ0v) is 9.06. The van der Waals surface area contributed by atoms with Crippen molar-refractivity contribution in [2.24, 2.45) is 12.8 Å². The summed E-state index contributed by atoms with van der Waals surface area (Å²) in [5, 5.41) is 0. The Balaban J connectivity index is 3.00. The van der Waals surface area contributed by atoms with E-state index in [1.807, 2.05) is 7.05 Å². The van der Waals surface area contributed by atoms with Gasteiger partial charge in [-0.3, -0.25) is 0 Å². The van der Waals surface area contributed by atoms with Gasteiger partial charge in [0.05, 0.1) is 5.69 Å². The standard InChI is InChI=1S/C8H14BrN3/c1-3-4-7-11-8(9)6(5-10)12(7)2/h3-5,10H2,1-2H3. The van der Waals surface area contributed by atoms with Crippen LogP contribution in [0.2, 0.25) is 0 Å². The third-order valence-corrected chi connectivity index (χ3v) is 2.56. The number of imidazole rings is 1. The lowest BCUT2D eigenvalue weighted by Crippen LogP contribution is -2.06. The van der Waals surface area contributed by atoms with Crippen molar-refractivity contribution in [3.63, 3.8) is 0 Å². The van der Waals surface area contributed by atoms with E-state index < -0.39 is 0 Å². The van der Waals surface area contributed by atoms with Crippen LogP contribution in [0.25, 0.3) is 0 Å². The first-order chi connectivity index (χ1) is 5.70. The van der Waals surface area contributed by atoms with E-state index in [2.05, 4.69) is 32.4 Å². The van der Waals surface area contributed by atoms with Gasteiger partial charge in [-0.25, -0.2) is 4.98 Å². The maximum absolute atomic E-state index is 5.57. The summed E-state index contributed by atoms with van der Waals surface area (Å²) < 4.78 is 2.95. The van der Waals surface area contributed by atoms with Crippen LogP contribution in [0.3, 0.4) is 0 Å². The van der Waals surface area contributed by atoms with Crippen molar-refractivity contribution in [1.82, 2.24) is 9.55 Å². The fourth-order valence-electron chi connectivity index (χ4n) is 1.22. The van der Waals surface area contributed by atoms with Crippen molar-refractivity contribution in [3.05, 3.63) is 16.1 Å². The van der Waals surface area contributed by atoms with Crippen LogP contribution in [0.5, 0.6) is 0 Å². The Hall–Kier alpha value is -0.350. The van der Waals surface area contributed by atoms with Gasteiger partial charge in [0.2, 0.25) is 0 Å². The van der Waals surface area contributed by atoms with Crippen LogP contribution in [0.4, 0.5) is 0 Å². The Morgan fingerprint density at radius 2 is 2.25 bits per heavy atom. The quantitative estimate of drug-likeness (QED) is 0.860. The maximum Gasteiger partial charge on any atom is 0.128 e. The second kappa shape index (κ2) is 4.05. The molecule has 0 saturated heterocycles. The Kier molecular flexibility index (Phi) is 3.29. The van der Waals surface area contributed by atoms with Gasteiger partial charge >= 0.3 is 0 Å². The van der Waals surface area contributed by atoms with Crippen molar-refractivity contribution >= 4 is 15.9 Å². The Morgan fingerprint density at radius 1 is 1.58 bits per heavy atom. The van der Waals surface area contributed by atoms with Gasteiger partial charge in [0, 0.05) is 20.0 Å². The molecule has 0 saturated carbocycles. The van der Waals surface area contributed by atoms with Crippen LogP contribution in [-0.4, -0.2) is 9.55 Å². The summed E-state index contributed by atoms with van der Waals surface area (Å²) in [5.41, 5.74) is 6.64. The van der Waals surface area contributed by atoms with Crippen LogP contribution < -0.4 is 5.73 Å². The molecule has 1 heterocycles. The SMILES string of the molecule is CCCc1nc(Br)c(CN)n1C. The first kappa shape index (κ1) is 9.74. The molecule has 68 valence electrons. The normalized spacial score (nSPS) is 10.7. The lowest BCUT2D eigenvalue weighted by molar-refractivity contribution is 0.727. The molecule has 0 radical (unpaired) electrons. The first-order valence-electron chi connectivity index (χ1n) is 4.10. The van der Waals surface area contributed by atoms with Crippen LogP contribution in [0, 0.1) is 0 Å². The number of nitrogens with zero attached hydrogens (tertiary/aromatic N) is 2. The molecule has 2 N–H and O–H groups in total. The van der Waals surface area contributed by atoms with Gasteiger partial charge < -0.3 is 10.3 Å². The van der Waals surface area contributed by atoms with Crippen LogP contribution in [-0.2, 0) is 20.0 Å². The number of rotatable bonds is 3. The van der Waals surface area contributed by atoms with Gasteiger partial charge in [-0.1, -0.05) is 6.92 Å². The summed E-state index contributed by atoms with van der Waals surface area (Å²) in [6.45, 7) is 2.68. The number of halogens is 1. The van der Waals surface area contributed by atoms with Crippen molar-refractivity contribution in [3.8, 4) is 0 Å². The minimum atomic E-state index is 0.536. The van der Waals surface area contributed by atoms with E-state index in [9.17, 15) is 0 Å². The van der Waals surface area contributed by atoms with Crippen molar-refractivity contribution < 1.29 is 0 Å². The van der Waals surface area contributed by atoms with Crippen LogP contribution >= 0.6 is 15.9 Å². The molecular formula is C8H14BrN3. The summed E-state index contributed by atoms with van der Waals surface area (Å²) in [6.07, 6.45) is 2.12. The monoisotopic (exact) mass is 231 g/mol. The molecule has 0 aliphatic carbocycles. The molecule has 4 heteroatoms. The molecule has 0 aliphatic heterocycles. The molecular weight excluding hydrogens is 218 g/mol. The summed E-state index contributed by atoms with van der Waals surface area (Å²) in [7, 11) is 2.00.